The predicted molar refractivity (Wildman–Crippen MR) is 40.6 cm³/mol. The van der Waals surface area contributed by atoms with Crippen molar-refractivity contribution in [2.75, 3.05) is 6.54 Å². The van der Waals surface area contributed by atoms with E-state index in [0.717, 1.165) is 5.56 Å². The second-order valence-electron chi connectivity index (χ2n) is 2.29. The van der Waals surface area contributed by atoms with Crippen LogP contribution in [0, 0.1) is 11.3 Å². The van der Waals surface area contributed by atoms with Gasteiger partial charge in [0.2, 0.25) is 0 Å². The Morgan fingerprint density at radius 3 is 3.27 bits per heavy atom. The lowest BCUT2D eigenvalue weighted by Gasteiger charge is -2.06. The fraction of sp³-hybridized carbons (Fsp3) is 0.429. The number of H-pyrrole nitrogens is 1. The molecule has 1 aromatic heterocycles. The van der Waals surface area contributed by atoms with Crippen molar-refractivity contribution in [3.05, 3.63) is 18.0 Å². The summed E-state index contributed by atoms with van der Waals surface area (Å²) < 4.78 is 0. The quantitative estimate of drug-likeness (QED) is 0.619. The standard InChI is InChI=1S/C7H10N4/c1-6(9-3-2-8)7-4-10-11-5-7/h4-6,9H,3H2,1H3,(H,10,11). The molecule has 4 nitrogen and oxygen atoms in total. The summed E-state index contributed by atoms with van der Waals surface area (Å²) >= 11 is 0. The third kappa shape index (κ3) is 2.06. The molecular weight excluding hydrogens is 140 g/mol. The van der Waals surface area contributed by atoms with Crippen LogP contribution in [-0.4, -0.2) is 16.7 Å². The van der Waals surface area contributed by atoms with Gasteiger partial charge in [0.05, 0.1) is 18.8 Å². The van der Waals surface area contributed by atoms with Crippen LogP contribution in [0.5, 0.6) is 0 Å². The van der Waals surface area contributed by atoms with Crippen molar-refractivity contribution in [3.63, 3.8) is 0 Å². The Morgan fingerprint density at radius 1 is 1.91 bits per heavy atom. The van der Waals surface area contributed by atoms with Crippen LogP contribution in [0.25, 0.3) is 0 Å². The minimum Gasteiger partial charge on any atom is -0.298 e. The summed E-state index contributed by atoms with van der Waals surface area (Å²) in [4.78, 5) is 0. The van der Waals surface area contributed by atoms with Gasteiger partial charge in [-0.1, -0.05) is 0 Å². The molecule has 0 aliphatic carbocycles. The van der Waals surface area contributed by atoms with Gasteiger partial charge in [-0.05, 0) is 6.92 Å². The Labute approximate surface area is 65.2 Å². The monoisotopic (exact) mass is 150 g/mol. The maximum Gasteiger partial charge on any atom is 0.0845 e. The number of aromatic nitrogens is 2. The van der Waals surface area contributed by atoms with Crippen molar-refractivity contribution in [2.24, 2.45) is 0 Å². The molecule has 0 saturated carbocycles. The number of rotatable bonds is 3. The molecule has 1 unspecified atom stereocenters. The van der Waals surface area contributed by atoms with Gasteiger partial charge in [-0.2, -0.15) is 10.4 Å². The number of nitrogens with one attached hydrogen (secondary N) is 2. The molecule has 0 saturated heterocycles. The third-order valence-electron chi connectivity index (χ3n) is 1.51. The highest BCUT2D eigenvalue weighted by atomic mass is 15.1. The Bertz CT molecular complexity index is 233. The average Bonchev–Trinajstić information content (AvgIpc) is 2.52. The van der Waals surface area contributed by atoms with E-state index in [4.69, 9.17) is 5.26 Å². The first-order chi connectivity index (χ1) is 5.34. The molecule has 0 radical (unpaired) electrons. The number of aromatic amines is 1. The summed E-state index contributed by atoms with van der Waals surface area (Å²) in [5.74, 6) is 0. The molecule has 1 rings (SSSR count). The highest BCUT2D eigenvalue weighted by molar-refractivity contribution is 5.08. The Morgan fingerprint density at radius 2 is 2.73 bits per heavy atom. The zero-order valence-electron chi connectivity index (χ0n) is 6.33. The lowest BCUT2D eigenvalue weighted by atomic mass is 10.2. The molecule has 0 spiro atoms. The first-order valence-electron chi connectivity index (χ1n) is 3.43. The average molecular weight is 150 g/mol. The fourth-order valence-corrected chi connectivity index (χ4v) is 0.814. The molecule has 1 heterocycles. The van der Waals surface area contributed by atoms with E-state index in [0.29, 0.717) is 6.54 Å². The summed E-state index contributed by atoms with van der Waals surface area (Å²) in [7, 11) is 0. The number of hydrogen-bond acceptors (Lipinski definition) is 3. The molecule has 0 aliphatic heterocycles. The molecule has 1 atom stereocenters. The molecule has 0 amide bonds. The molecule has 1 aromatic rings. The highest BCUT2D eigenvalue weighted by Gasteiger charge is 2.03. The number of nitrogens with zero attached hydrogens (tertiary/aromatic N) is 2. The van der Waals surface area contributed by atoms with Gasteiger partial charge in [-0.15, -0.1) is 0 Å². The van der Waals surface area contributed by atoms with Gasteiger partial charge < -0.3 is 0 Å². The van der Waals surface area contributed by atoms with Gasteiger partial charge in [0.1, 0.15) is 0 Å². The van der Waals surface area contributed by atoms with Crippen LogP contribution in [0.3, 0.4) is 0 Å². The lowest BCUT2D eigenvalue weighted by Crippen LogP contribution is -2.17. The van der Waals surface area contributed by atoms with E-state index in [1.807, 2.05) is 19.2 Å². The van der Waals surface area contributed by atoms with Crippen LogP contribution in [0.1, 0.15) is 18.5 Å². The van der Waals surface area contributed by atoms with Crippen LogP contribution in [0.2, 0.25) is 0 Å². The molecule has 0 bridgehead atoms. The Kier molecular flexibility index (Phi) is 2.64. The van der Waals surface area contributed by atoms with E-state index >= 15 is 0 Å². The topological polar surface area (TPSA) is 64.5 Å². The largest absolute Gasteiger partial charge is 0.298 e. The van der Waals surface area contributed by atoms with Crippen LogP contribution >= 0.6 is 0 Å². The van der Waals surface area contributed by atoms with E-state index < -0.39 is 0 Å². The maximum atomic E-state index is 8.28. The van der Waals surface area contributed by atoms with Gasteiger partial charge in [-0.3, -0.25) is 10.4 Å². The molecule has 11 heavy (non-hydrogen) atoms. The minimum absolute atomic E-state index is 0.188. The molecule has 2 N–H and O–H groups in total. The first kappa shape index (κ1) is 7.76. The van der Waals surface area contributed by atoms with Gasteiger partial charge in [-0.25, -0.2) is 0 Å². The van der Waals surface area contributed by atoms with E-state index in [9.17, 15) is 0 Å². The van der Waals surface area contributed by atoms with Crippen molar-refractivity contribution in [3.8, 4) is 6.07 Å². The van der Waals surface area contributed by atoms with E-state index in [-0.39, 0.29) is 6.04 Å². The number of nitriles is 1. The van der Waals surface area contributed by atoms with Crippen molar-refractivity contribution >= 4 is 0 Å². The predicted octanol–water partition coefficient (Wildman–Crippen LogP) is 0.584. The summed E-state index contributed by atoms with van der Waals surface area (Å²) in [5, 5.41) is 17.8. The molecule has 0 aromatic carbocycles. The molecule has 0 aliphatic rings. The maximum absolute atomic E-state index is 8.28. The van der Waals surface area contributed by atoms with Crippen LogP contribution in [0.15, 0.2) is 12.4 Å². The highest BCUT2D eigenvalue weighted by Crippen LogP contribution is 2.07. The summed E-state index contributed by atoms with van der Waals surface area (Å²) in [6.07, 6.45) is 3.56. The molecular formula is C7H10N4. The normalized spacial score (nSPS) is 12.4. The molecule has 58 valence electrons. The van der Waals surface area contributed by atoms with E-state index in [1.54, 1.807) is 6.20 Å². The van der Waals surface area contributed by atoms with Crippen LogP contribution in [-0.2, 0) is 0 Å². The molecule has 0 fully saturated rings. The van der Waals surface area contributed by atoms with E-state index in [1.165, 1.54) is 0 Å². The minimum atomic E-state index is 0.188. The SMILES string of the molecule is CC(NCC#N)c1cn[nH]c1. The second-order valence-corrected chi connectivity index (χ2v) is 2.29. The second kappa shape index (κ2) is 3.74. The van der Waals surface area contributed by atoms with Gasteiger partial charge >= 0.3 is 0 Å². The summed E-state index contributed by atoms with van der Waals surface area (Å²) in [6, 6.07) is 2.21. The van der Waals surface area contributed by atoms with Crippen molar-refractivity contribution in [1.82, 2.24) is 15.5 Å². The van der Waals surface area contributed by atoms with Crippen molar-refractivity contribution in [2.45, 2.75) is 13.0 Å². The zero-order valence-corrected chi connectivity index (χ0v) is 6.33. The number of hydrogen-bond donors (Lipinski definition) is 2. The molecule has 4 heteroatoms. The van der Waals surface area contributed by atoms with Crippen LogP contribution in [0.4, 0.5) is 0 Å². The van der Waals surface area contributed by atoms with Crippen LogP contribution < -0.4 is 5.32 Å². The van der Waals surface area contributed by atoms with Gasteiger partial charge in [0, 0.05) is 17.8 Å². The van der Waals surface area contributed by atoms with Gasteiger partial charge in [0.25, 0.3) is 0 Å². The zero-order chi connectivity index (χ0) is 8.10. The van der Waals surface area contributed by atoms with E-state index in [2.05, 4.69) is 15.5 Å². The van der Waals surface area contributed by atoms with Crippen molar-refractivity contribution in [1.29, 1.82) is 5.26 Å². The first-order valence-corrected chi connectivity index (χ1v) is 3.43. The fourth-order valence-electron chi connectivity index (χ4n) is 0.814. The summed E-state index contributed by atoms with van der Waals surface area (Å²) in [6.45, 7) is 2.36. The summed E-state index contributed by atoms with van der Waals surface area (Å²) in [5.41, 5.74) is 1.07. The Hall–Kier alpha value is -1.34. The Balaban J connectivity index is 2.44. The smallest absolute Gasteiger partial charge is 0.0845 e. The van der Waals surface area contributed by atoms with Crippen molar-refractivity contribution < 1.29 is 0 Å². The third-order valence-corrected chi connectivity index (χ3v) is 1.51. The lowest BCUT2D eigenvalue weighted by molar-refractivity contribution is 0.621. The van der Waals surface area contributed by atoms with Gasteiger partial charge in [0.15, 0.2) is 0 Å².